The largest absolute Gasteiger partial charge is 0.366 e. The maximum Gasteiger partial charge on any atom is 0.250 e. The second-order valence-corrected chi connectivity index (χ2v) is 11.9. The minimum absolute atomic E-state index is 0.0293. The lowest BCUT2D eigenvalue weighted by atomic mass is 9.62. The van der Waals surface area contributed by atoms with Gasteiger partial charge in [-0.2, -0.15) is 5.26 Å². The number of primary amides is 1. The summed E-state index contributed by atoms with van der Waals surface area (Å²) in [5.41, 5.74) is 3.50. The number of nitrogens with one attached hydrogen (secondary N) is 2. The smallest absolute Gasteiger partial charge is 0.250 e. The van der Waals surface area contributed by atoms with Crippen LogP contribution in [0.3, 0.4) is 0 Å². The quantitative estimate of drug-likeness (QED) is 0.314. The second kappa shape index (κ2) is 11.2. The highest BCUT2D eigenvalue weighted by molar-refractivity contribution is 6.31. The number of hydrogen-bond donors (Lipinski definition) is 3. The molecular weight excluding hydrogens is 557 g/mol. The van der Waals surface area contributed by atoms with Gasteiger partial charge >= 0.3 is 0 Å². The summed E-state index contributed by atoms with van der Waals surface area (Å²) < 4.78 is 31.4. The summed E-state index contributed by atoms with van der Waals surface area (Å²) >= 11 is 12.2. The standard InChI is InChI=1S/C30H28Cl2F2N4O2/c1-29(2,3)14-23-30(15-35,19-12-11-16(31)13-21(19)33)24(18-8-6-9-20(32)25(18)34)26(38-23)28(40)37-22-10-5-4-7-17(22)27(36)39/h4-13,23-24,26,38H,14H2,1-3H3,(H2,36,39)(H,37,40). The van der Waals surface area contributed by atoms with Crippen LogP contribution in [0.5, 0.6) is 0 Å². The number of benzene rings is 3. The molecular formula is C30H28Cl2F2N4O2. The van der Waals surface area contributed by atoms with Gasteiger partial charge in [0.15, 0.2) is 0 Å². The molecule has 3 aromatic carbocycles. The van der Waals surface area contributed by atoms with Crippen LogP contribution in [0.1, 0.15) is 54.6 Å². The number of amides is 2. The highest BCUT2D eigenvalue weighted by Gasteiger charge is 2.61. The Hall–Kier alpha value is -3.51. The molecule has 1 heterocycles. The zero-order valence-electron chi connectivity index (χ0n) is 22.1. The summed E-state index contributed by atoms with van der Waals surface area (Å²) in [4.78, 5) is 25.9. The third-order valence-electron chi connectivity index (χ3n) is 7.18. The van der Waals surface area contributed by atoms with E-state index >= 15 is 8.78 Å². The maximum absolute atomic E-state index is 15.7. The van der Waals surface area contributed by atoms with Crippen LogP contribution in [0.2, 0.25) is 10.0 Å². The van der Waals surface area contributed by atoms with Crippen molar-refractivity contribution in [2.24, 2.45) is 11.1 Å². The lowest BCUT2D eigenvalue weighted by Gasteiger charge is -2.37. The molecule has 4 unspecified atom stereocenters. The number of carbonyl (C=O) groups excluding carboxylic acids is 2. The fourth-order valence-electron chi connectivity index (χ4n) is 5.57. The molecule has 1 aliphatic heterocycles. The minimum Gasteiger partial charge on any atom is -0.366 e. The van der Waals surface area contributed by atoms with Gasteiger partial charge in [0.25, 0.3) is 5.91 Å². The van der Waals surface area contributed by atoms with E-state index in [1.807, 2.05) is 20.8 Å². The monoisotopic (exact) mass is 584 g/mol. The molecule has 1 aliphatic rings. The zero-order chi connectivity index (χ0) is 29.4. The van der Waals surface area contributed by atoms with E-state index in [9.17, 15) is 14.9 Å². The molecule has 208 valence electrons. The second-order valence-electron chi connectivity index (χ2n) is 11.1. The molecule has 0 saturated carbocycles. The van der Waals surface area contributed by atoms with Crippen molar-refractivity contribution in [3.63, 3.8) is 0 Å². The molecule has 0 aliphatic carbocycles. The SMILES string of the molecule is CC(C)(C)CC1NC(C(=O)Nc2ccccc2C(N)=O)C(c2cccc(Cl)c2F)C1(C#N)c1ccc(Cl)cc1F. The fraction of sp³-hybridized carbons (Fsp3) is 0.300. The van der Waals surface area contributed by atoms with Gasteiger partial charge in [-0.15, -0.1) is 0 Å². The van der Waals surface area contributed by atoms with Gasteiger partial charge in [-0.3, -0.25) is 9.59 Å². The Morgan fingerprint density at radius 3 is 2.42 bits per heavy atom. The first-order valence-corrected chi connectivity index (χ1v) is 13.3. The van der Waals surface area contributed by atoms with Crippen molar-refractivity contribution < 1.29 is 18.4 Å². The molecule has 3 aromatic rings. The number of nitriles is 1. The molecule has 1 saturated heterocycles. The number of hydrogen-bond acceptors (Lipinski definition) is 4. The Morgan fingerprint density at radius 1 is 1.10 bits per heavy atom. The van der Waals surface area contributed by atoms with Gasteiger partial charge in [0.1, 0.15) is 17.0 Å². The number of anilines is 1. The van der Waals surface area contributed by atoms with Crippen molar-refractivity contribution in [3.05, 3.63) is 99.0 Å². The van der Waals surface area contributed by atoms with Crippen molar-refractivity contribution in [2.75, 3.05) is 5.32 Å². The number of rotatable bonds is 6. The van der Waals surface area contributed by atoms with Gasteiger partial charge < -0.3 is 16.4 Å². The van der Waals surface area contributed by atoms with Crippen molar-refractivity contribution in [3.8, 4) is 6.07 Å². The third-order valence-corrected chi connectivity index (χ3v) is 7.71. The van der Waals surface area contributed by atoms with Crippen molar-refractivity contribution >= 4 is 40.7 Å². The summed E-state index contributed by atoms with van der Waals surface area (Å²) in [6, 6.07) is 14.7. The average Bonchev–Trinajstić information content (AvgIpc) is 3.19. The molecule has 2 amide bonds. The average molecular weight is 585 g/mol. The molecule has 6 nitrogen and oxygen atoms in total. The Labute approximate surface area is 241 Å². The fourth-order valence-corrected chi connectivity index (χ4v) is 5.91. The molecule has 4 rings (SSSR count). The number of halogens is 4. The topological polar surface area (TPSA) is 108 Å². The molecule has 0 aromatic heterocycles. The molecule has 40 heavy (non-hydrogen) atoms. The van der Waals surface area contributed by atoms with Crippen molar-refractivity contribution in [1.29, 1.82) is 5.26 Å². The minimum atomic E-state index is -1.77. The molecule has 0 bridgehead atoms. The molecule has 10 heteroatoms. The van der Waals surface area contributed by atoms with E-state index in [0.29, 0.717) is 6.42 Å². The van der Waals surface area contributed by atoms with E-state index in [0.717, 1.165) is 6.07 Å². The first-order chi connectivity index (χ1) is 18.8. The van der Waals surface area contributed by atoms with Crippen molar-refractivity contribution in [2.45, 2.75) is 50.6 Å². The molecule has 4 atom stereocenters. The molecule has 4 N–H and O–H groups in total. The van der Waals surface area contributed by atoms with E-state index in [1.54, 1.807) is 12.1 Å². The van der Waals surface area contributed by atoms with Crippen LogP contribution < -0.4 is 16.4 Å². The van der Waals surface area contributed by atoms with Gasteiger partial charge in [0, 0.05) is 22.5 Å². The predicted molar refractivity (Wildman–Crippen MR) is 151 cm³/mol. The van der Waals surface area contributed by atoms with E-state index in [-0.39, 0.29) is 37.8 Å². The van der Waals surface area contributed by atoms with Gasteiger partial charge in [0.05, 0.1) is 28.4 Å². The predicted octanol–water partition coefficient (Wildman–Crippen LogP) is 6.33. The zero-order valence-corrected chi connectivity index (χ0v) is 23.6. The number of carbonyl (C=O) groups is 2. The van der Waals surface area contributed by atoms with E-state index in [1.165, 1.54) is 42.5 Å². The third kappa shape index (κ3) is 5.42. The lowest BCUT2D eigenvalue weighted by molar-refractivity contribution is -0.118. The molecule has 0 spiro atoms. The molecule has 1 fully saturated rings. The Morgan fingerprint density at radius 2 is 1.80 bits per heavy atom. The normalized spacial score (nSPS) is 22.5. The summed E-state index contributed by atoms with van der Waals surface area (Å²) in [6.45, 7) is 5.83. The van der Waals surface area contributed by atoms with Crippen LogP contribution in [0.15, 0.2) is 60.7 Å². The highest BCUT2D eigenvalue weighted by Crippen LogP contribution is 2.52. The van der Waals surface area contributed by atoms with Gasteiger partial charge in [-0.1, -0.05) is 74.3 Å². The summed E-state index contributed by atoms with van der Waals surface area (Å²) in [5.74, 6) is -4.24. The summed E-state index contributed by atoms with van der Waals surface area (Å²) in [6.07, 6.45) is 0.322. The highest BCUT2D eigenvalue weighted by atomic mass is 35.5. The Kier molecular flexibility index (Phi) is 8.23. The summed E-state index contributed by atoms with van der Waals surface area (Å²) in [5, 5.41) is 16.7. The van der Waals surface area contributed by atoms with Crippen LogP contribution in [0.25, 0.3) is 0 Å². The van der Waals surface area contributed by atoms with Gasteiger partial charge in [0.2, 0.25) is 5.91 Å². The lowest BCUT2D eigenvalue weighted by Crippen LogP contribution is -2.45. The van der Waals surface area contributed by atoms with E-state index in [2.05, 4.69) is 16.7 Å². The van der Waals surface area contributed by atoms with Crippen molar-refractivity contribution in [1.82, 2.24) is 5.32 Å². The van der Waals surface area contributed by atoms with Gasteiger partial charge in [-0.05, 0) is 47.7 Å². The number of para-hydroxylation sites is 1. The first kappa shape index (κ1) is 29.5. The number of nitrogens with zero attached hydrogens (tertiary/aromatic N) is 1. The number of nitrogens with two attached hydrogens (primary N) is 1. The summed E-state index contributed by atoms with van der Waals surface area (Å²) in [7, 11) is 0. The Bertz CT molecular complexity index is 1520. The van der Waals surface area contributed by atoms with Crippen LogP contribution in [-0.2, 0) is 10.2 Å². The Balaban J connectivity index is 1.98. The molecule has 0 radical (unpaired) electrons. The van der Waals surface area contributed by atoms with Gasteiger partial charge in [-0.25, -0.2) is 8.78 Å². The van der Waals surface area contributed by atoms with E-state index in [4.69, 9.17) is 28.9 Å². The first-order valence-electron chi connectivity index (χ1n) is 12.6. The van der Waals surface area contributed by atoms with Crippen LogP contribution in [-0.4, -0.2) is 23.9 Å². The van der Waals surface area contributed by atoms with Crippen LogP contribution in [0.4, 0.5) is 14.5 Å². The maximum atomic E-state index is 15.7. The van der Waals surface area contributed by atoms with Crippen LogP contribution >= 0.6 is 23.2 Å². The van der Waals surface area contributed by atoms with Crippen LogP contribution in [0, 0.1) is 28.4 Å². The van der Waals surface area contributed by atoms with E-state index < -0.39 is 46.9 Å².